The Morgan fingerprint density at radius 3 is 2.48 bits per heavy atom. The number of ether oxygens (including phenoxy) is 2. The summed E-state index contributed by atoms with van der Waals surface area (Å²) >= 11 is 0. The van der Waals surface area contributed by atoms with Crippen LogP contribution in [0.2, 0.25) is 0 Å². The SMILES string of the molecule is CCOc1c(C(C)C(=O)O)ccc(OC2CCCC2)c1CC.Cl. The third-order valence-electron chi connectivity index (χ3n) is 4.32. The van der Waals surface area contributed by atoms with E-state index in [4.69, 9.17) is 9.47 Å². The molecule has 1 fully saturated rings. The van der Waals surface area contributed by atoms with Gasteiger partial charge >= 0.3 is 5.97 Å². The monoisotopic (exact) mass is 342 g/mol. The van der Waals surface area contributed by atoms with Gasteiger partial charge in [0.15, 0.2) is 0 Å². The molecule has 0 saturated heterocycles. The Kier molecular flexibility index (Phi) is 7.69. The predicted molar refractivity (Wildman–Crippen MR) is 93.2 cm³/mol. The zero-order valence-corrected chi connectivity index (χ0v) is 14.9. The Morgan fingerprint density at radius 2 is 1.96 bits per heavy atom. The fraction of sp³-hybridized carbons (Fsp3) is 0.611. The van der Waals surface area contributed by atoms with Crippen LogP contribution in [0.4, 0.5) is 0 Å². The quantitative estimate of drug-likeness (QED) is 0.788. The van der Waals surface area contributed by atoms with Crippen LogP contribution in [-0.4, -0.2) is 23.8 Å². The van der Waals surface area contributed by atoms with E-state index < -0.39 is 11.9 Å². The maximum absolute atomic E-state index is 11.3. The van der Waals surface area contributed by atoms with E-state index in [1.165, 1.54) is 12.8 Å². The minimum absolute atomic E-state index is 0. The molecular formula is C18H27ClO4. The number of hydrogen-bond acceptors (Lipinski definition) is 3. The van der Waals surface area contributed by atoms with Crippen molar-refractivity contribution in [2.45, 2.75) is 64.9 Å². The van der Waals surface area contributed by atoms with E-state index in [1.54, 1.807) is 6.92 Å². The highest BCUT2D eigenvalue weighted by Gasteiger charge is 2.24. The fourth-order valence-electron chi connectivity index (χ4n) is 3.05. The molecule has 0 amide bonds. The van der Waals surface area contributed by atoms with Crippen molar-refractivity contribution in [1.82, 2.24) is 0 Å². The topological polar surface area (TPSA) is 55.8 Å². The minimum atomic E-state index is -0.840. The number of carboxylic acids is 1. The van der Waals surface area contributed by atoms with Gasteiger partial charge in [0.2, 0.25) is 0 Å². The standard InChI is InChI=1S/C18H26O4.ClH/c1-4-14-16(22-13-8-6-7-9-13)11-10-15(12(3)18(19)20)17(14)21-5-2;/h10-13H,4-9H2,1-3H3,(H,19,20);1H. The van der Waals surface area contributed by atoms with Crippen molar-refractivity contribution in [1.29, 1.82) is 0 Å². The summed E-state index contributed by atoms with van der Waals surface area (Å²) in [5.41, 5.74) is 1.71. The molecule has 0 heterocycles. The second-order valence-corrected chi connectivity index (χ2v) is 5.83. The van der Waals surface area contributed by atoms with Crippen LogP contribution in [0.5, 0.6) is 11.5 Å². The van der Waals surface area contributed by atoms with Crippen LogP contribution in [0.3, 0.4) is 0 Å². The van der Waals surface area contributed by atoms with E-state index in [9.17, 15) is 9.90 Å². The van der Waals surface area contributed by atoms with Crippen LogP contribution in [0.25, 0.3) is 0 Å². The Labute approximate surface area is 144 Å². The first-order valence-corrected chi connectivity index (χ1v) is 8.26. The van der Waals surface area contributed by atoms with Crippen LogP contribution in [0.1, 0.15) is 63.5 Å². The van der Waals surface area contributed by atoms with Crippen molar-refractivity contribution in [2.24, 2.45) is 0 Å². The van der Waals surface area contributed by atoms with Gasteiger partial charge in [-0.05, 0) is 52.0 Å². The van der Waals surface area contributed by atoms with Crippen molar-refractivity contribution in [2.75, 3.05) is 6.61 Å². The number of hydrogen-bond donors (Lipinski definition) is 1. The smallest absolute Gasteiger partial charge is 0.310 e. The van der Waals surface area contributed by atoms with Crippen LogP contribution in [0, 0.1) is 0 Å². The molecule has 1 N–H and O–H groups in total. The van der Waals surface area contributed by atoms with E-state index in [0.29, 0.717) is 12.4 Å². The lowest BCUT2D eigenvalue weighted by Crippen LogP contribution is -2.15. The van der Waals surface area contributed by atoms with Gasteiger partial charge in [0.1, 0.15) is 11.5 Å². The second-order valence-electron chi connectivity index (χ2n) is 5.83. The lowest BCUT2D eigenvalue weighted by Gasteiger charge is -2.22. The third-order valence-corrected chi connectivity index (χ3v) is 4.32. The first-order chi connectivity index (χ1) is 10.6. The molecule has 5 heteroatoms. The average Bonchev–Trinajstić information content (AvgIpc) is 3.00. The molecule has 1 atom stereocenters. The van der Waals surface area contributed by atoms with Gasteiger partial charge in [-0.1, -0.05) is 13.0 Å². The molecule has 1 aromatic carbocycles. The largest absolute Gasteiger partial charge is 0.493 e. The van der Waals surface area contributed by atoms with Crippen LogP contribution < -0.4 is 9.47 Å². The highest BCUT2D eigenvalue weighted by molar-refractivity contribution is 5.85. The van der Waals surface area contributed by atoms with Crippen molar-refractivity contribution >= 4 is 18.4 Å². The van der Waals surface area contributed by atoms with Gasteiger partial charge in [-0.15, -0.1) is 12.4 Å². The van der Waals surface area contributed by atoms with Crippen LogP contribution in [0.15, 0.2) is 12.1 Å². The van der Waals surface area contributed by atoms with E-state index >= 15 is 0 Å². The van der Waals surface area contributed by atoms with Crippen molar-refractivity contribution < 1.29 is 19.4 Å². The Morgan fingerprint density at radius 1 is 1.30 bits per heavy atom. The van der Waals surface area contributed by atoms with Crippen molar-refractivity contribution in [3.8, 4) is 11.5 Å². The molecule has 0 radical (unpaired) electrons. The summed E-state index contributed by atoms with van der Waals surface area (Å²) in [4.78, 5) is 11.3. The van der Waals surface area contributed by atoms with E-state index in [2.05, 4.69) is 6.92 Å². The zero-order valence-electron chi connectivity index (χ0n) is 14.1. The number of benzene rings is 1. The molecule has 1 saturated carbocycles. The Bertz CT molecular complexity index is 524. The summed E-state index contributed by atoms with van der Waals surface area (Å²) in [6.45, 7) is 6.17. The van der Waals surface area contributed by atoms with Gasteiger partial charge in [0, 0.05) is 11.1 Å². The maximum atomic E-state index is 11.3. The van der Waals surface area contributed by atoms with Gasteiger partial charge < -0.3 is 14.6 Å². The summed E-state index contributed by atoms with van der Waals surface area (Å²) in [6.07, 6.45) is 5.68. The average molecular weight is 343 g/mol. The highest BCUT2D eigenvalue weighted by atomic mass is 35.5. The number of aliphatic carboxylic acids is 1. The molecule has 1 aliphatic rings. The maximum Gasteiger partial charge on any atom is 0.310 e. The molecule has 23 heavy (non-hydrogen) atoms. The molecule has 1 unspecified atom stereocenters. The second kappa shape index (κ2) is 9.02. The first-order valence-electron chi connectivity index (χ1n) is 8.26. The first kappa shape index (κ1) is 19.6. The lowest BCUT2D eigenvalue weighted by molar-refractivity contribution is -0.138. The van der Waals surface area contributed by atoms with E-state index in [0.717, 1.165) is 36.1 Å². The molecule has 0 aliphatic heterocycles. The fourth-order valence-corrected chi connectivity index (χ4v) is 3.05. The lowest BCUT2D eigenvalue weighted by atomic mass is 9.96. The third kappa shape index (κ3) is 4.54. The number of rotatable bonds is 7. The predicted octanol–water partition coefficient (Wildman–Crippen LogP) is 4.58. The summed E-state index contributed by atoms with van der Waals surface area (Å²) in [7, 11) is 0. The molecule has 2 rings (SSSR count). The Hall–Kier alpha value is -1.42. The number of carbonyl (C=O) groups is 1. The van der Waals surface area contributed by atoms with Gasteiger partial charge in [0.25, 0.3) is 0 Å². The normalized spacial score (nSPS) is 15.8. The molecule has 1 aliphatic carbocycles. The Balaban J connectivity index is 0.00000264. The molecule has 1 aromatic rings. The minimum Gasteiger partial charge on any atom is -0.493 e. The molecular weight excluding hydrogens is 316 g/mol. The van der Waals surface area contributed by atoms with Gasteiger partial charge in [-0.25, -0.2) is 0 Å². The molecule has 0 aromatic heterocycles. The van der Waals surface area contributed by atoms with Crippen molar-refractivity contribution in [3.05, 3.63) is 23.3 Å². The van der Waals surface area contributed by atoms with Gasteiger partial charge in [-0.3, -0.25) is 4.79 Å². The summed E-state index contributed by atoms with van der Waals surface area (Å²) in [6, 6.07) is 3.75. The zero-order chi connectivity index (χ0) is 16.1. The summed E-state index contributed by atoms with van der Waals surface area (Å²) in [5, 5.41) is 9.30. The number of halogens is 1. The summed E-state index contributed by atoms with van der Waals surface area (Å²) < 4.78 is 11.9. The van der Waals surface area contributed by atoms with E-state index in [1.807, 2.05) is 19.1 Å². The van der Waals surface area contributed by atoms with E-state index in [-0.39, 0.29) is 18.5 Å². The summed E-state index contributed by atoms with van der Waals surface area (Å²) in [5.74, 6) is 0.106. The van der Waals surface area contributed by atoms with Gasteiger partial charge in [-0.2, -0.15) is 0 Å². The highest BCUT2D eigenvalue weighted by Crippen LogP contribution is 2.38. The van der Waals surface area contributed by atoms with Crippen molar-refractivity contribution in [3.63, 3.8) is 0 Å². The number of carboxylic acid groups (broad SMARTS) is 1. The van der Waals surface area contributed by atoms with Crippen LogP contribution >= 0.6 is 12.4 Å². The van der Waals surface area contributed by atoms with Crippen LogP contribution in [-0.2, 0) is 11.2 Å². The van der Waals surface area contributed by atoms with Gasteiger partial charge in [0.05, 0.1) is 18.6 Å². The molecule has 0 spiro atoms. The molecule has 0 bridgehead atoms. The molecule has 130 valence electrons. The molecule has 4 nitrogen and oxygen atoms in total.